The van der Waals surface area contributed by atoms with Crippen LogP contribution in [0.15, 0.2) is 11.1 Å². The molecule has 0 aliphatic carbocycles. The lowest BCUT2D eigenvalue weighted by Gasteiger charge is -2.23. The minimum Gasteiger partial charge on any atom is -0.354 e. The minimum atomic E-state index is -0.0603. The van der Waals surface area contributed by atoms with Crippen molar-refractivity contribution in [2.45, 2.75) is 12.8 Å². The third-order valence-corrected chi connectivity index (χ3v) is 4.32. The van der Waals surface area contributed by atoms with Gasteiger partial charge >= 0.3 is 0 Å². The molecule has 0 unspecified atom stereocenters. The molecule has 0 bridgehead atoms. The zero-order valence-corrected chi connectivity index (χ0v) is 13.1. The van der Waals surface area contributed by atoms with E-state index in [-0.39, 0.29) is 5.56 Å². The van der Waals surface area contributed by atoms with E-state index in [1.165, 1.54) is 6.33 Å². The predicted molar refractivity (Wildman–Crippen MR) is 84.5 cm³/mol. The van der Waals surface area contributed by atoms with Crippen molar-refractivity contribution in [1.82, 2.24) is 14.9 Å². The second kappa shape index (κ2) is 7.20. The first kappa shape index (κ1) is 14.7. The molecule has 0 spiro atoms. The van der Waals surface area contributed by atoms with Gasteiger partial charge in [-0.15, -0.1) is 0 Å². The maximum absolute atomic E-state index is 11.6. The average Bonchev–Trinajstić information content (AvgIpc) is 2.65. The van der Waals surface area contributed by atoms with Gasteiger partial charge in [0.2, 0.25) is 0 Å². The highest BCUT2D eigenvalue weighted by molar-refractivity contribution is 14.1. The second-order valence-corrected chi connectivity index (χ2v) is 5.77. The molecule has 0 saturated carbocycles. The van der Waals surface area contributed by atoms with Crippen LogP contribution in [0.1, 0.15) is 12.8 Å². The third-order valence-electron chi connectivity index (χ3n) is 3.34. The Labute approximate surface area is 126 Å². The van der Waals surface area contributed by atoms with E-state index in [9.17, 15) is 4.79 Å². The van der Waals surface area contributed by atoms with E-state index in [0.717, 1.165) is 57.9 Å². The van der Waals surface area contributed by atoms with Crippen LogP contribution >= 0.6 is 22.6 Å². The number of aromatic nitrogens is 2. The topological polar surface area (TPSA) is 78.2 Å². The molecule has 3 N–H and O–H groups in total. The van der Waals surface area contributed by atoms with Crippen molar-refractivity contribution in [3.63, 3.8) is 0 Å². The van der Waals surface area contributed by atoms with Gasteiger partial charge in [-0.25, -0.2) is 4.98 Å². The monoisotopic (exact) mass is 377 g/mol. The van der Waals surface area contributed by atoms with Crippen LogP contribution in [0.3, 0.4) is 0 Å². The molecule has 1 aromatic heterocycles. The molecule has 7 heteroatoms. The molecular formula is C12H20IN5O. The Hall–Kier alpha value is -0.670. The molecule has 1 aromatic rings. The first-order valence-corrected chi connectivity index (χ1v) is 7.71. The third kappa shape index (κ3) is 3.90. The summed E-state index contributed by atoms with van der Waals surface area (Å²) in [6, 6.07) is 0. The van der Waals surface area contributed by atoms with Crippen molar-refractivity contribution in [2.75, 3.05) is 44.2 Å². The highest BCUT2D eigenvalue weighted by Crippen LogP contribution is 2.17. The number of nitrogens with two attached hydrogens (primary N) is 1. The summed E-state index contributed by atoms with van der Waals surface area (Å²) in [5.41, 5.74) is 5.49. The summed E-state index contributed by atoms with van der Waals surface area (Å²) >= 11 is 2.07. The quantitative estimate of drug-likeness (QED) is 0.735. The smallest absolute Gasteiger partial charge is 0.266 e. The molecule has 1 aliphatic heterocycles. The number of halogens is 1. The van der Waals surface area contributed by atoms with Crippen LogP contribution in [0.2, 0.25) is 0 Å². The van der Waals surface area contributed by atoms with Crippen LogP contribution in [-0.4, -0.2) is 54.1 Å². The van der Waals surface area contributed by atoms with Crippen molar-refractivity contribution in [2.24, 2.45) is 5.73 Å². The summed E-state index contributed by atoms with van der Waals surface area (Å²) in [7, 11) is 0. The fraction of sp³-hybridized carbons (Fsp3) is 0.667. The summed E-state index contributed by atoms with van der Waals surface area (Å²) in [6.07, 6.45) is 3.62. The van der Waals surface area contributed by atoms with Gasteiger partial charge in [0.1, 0.15) is 9.39 Å². The van der Waals surface area contributed by atoms with Gasteiger partial charge in [-0.2, -0.15) is 0 Å². The second-order valence-electron chi connectivity index (χ2n) is 4.69. The fourth-order valence-electron chi connectivity index (χ4n) is 2.32. The maximum Gasteiger partial charge on any atom is 0.266 e. The summed E-state index contributed by atoms with van der Waals surface area (Å²) in [4.78, 5) is 23.2. The van der Waals surface area contributed by atoms with Crippen LogP contribution < -0.4 is 16.2 Å². The van der Waals surface area contributed by atoms with Crippen molar-refractivity contribution in [3.8, 4) is 0 Å². The van der Waals surface area contributed by atoms with Gasteiger partial charge in [-0.1, -0.05) is 0 Å². The van der Waals surface area contributed by atoms with Gasteiger partial charge in [-0.05, 0) is 55.1 Å². The summed E-state index contributed by atoms with van der Waals surface area (Å²) in [5.74, 6) is 0.810. The summed E-state index contributed by atoms with van der Waals surface area (Å²) in [5, 5.41) is 0. The molecule has 2 heterocycles. The lowest BCUT2D eigenvalue weighted by Crippen LogP contribution is -2.33. The Morgan fingerprint density at radius 2 is 2.21 bits per heavy atom. The van der Waals surface area contributed by atoms with Crippen LogP contribution in [-0.2, 0) is 0 Å². The Bertz CT molecular complexity index is 464. The molecule has 0 amide bonds. The van der Waals surface area contributed by atoms with E-state index in [1.807, 2.05) is 0 Å². The van der Waals surface area contributed by atoms with Crippen molar-refractivity contribution in [1.29, 1.82) is 0 Å². The lowest BCUT2D eigenvalue weighted by molar-refractivity contribution is 0.291. The van der Waals surface area contributed by atoms with Gasteiger partial charge in [0, 0.05) is 19.6 Å². The molecule has 1 fully saturated rings. The fourth-order valence-corrected chi connectivity index (χ4v) is 2.95. The molecule has 0 aromatic carbocycles. The van der Waals surface area contributed by atoms with E-state index in [1.54, 1.807) is 0 Å². The molecule has 1 aliphatic rings. The molecule has 6 nitrogen and oxygen atoms in total. The number of nitrogens with one attached hydrogen (secondary N) is 1. The Morgan fingerprint density at radius 1 is 1.37 bits per heavy atom. The van der Waals surface area contributed by atoms with E-state index in [0.29, 0.717) is 3.57 Å². The van der Waals surface area contributed by atoms with E-state index in [2.05, 4.69) is 42.4 Å². The zero-order valence-electron chi connectivity index (χ0n) is 10.9. The Kier molecular flexibility index (Phi) is 5.59. The van der Waals surface area contributed by atoms with E-state index in [4.69, 9.17) is 5.73 Å². The number of nitrogens with zero attached hydrogens (tertiary/aromatic N) is 3. The van der Waals surface area contributed by atoms with Crippen LogP contribution in [0, 0.1) is 3.57 Å². The Balaban J connectivity index is 2.02. The molecule has 0 atom stereocenters. The van der Waals surface area contributed by atoms with E-state index >= 15 is 0 Å². The normalized spacial score (nSPS) is 17.5. The number of aromatic amines is 1. The maximum atomic E-state index is 11.6. The SMILES string of the molecule is NCCCN1CCCN(c2nc[nH]c(=O)c2I)CC1. The minimum absolute atomic E-state index is 0.0603. The van der Waals surface area contributed by atoms with Crippen LogP contribution in [0.25, 0.3) is 0 Å². The van der Waals surface area contributed by atoms with Gasteiger partial charge in [0.25, 0.3) is 5.56 Å². The van der Waals surface area contributed by atoms with Gasteiger partial charge in [0.05, 0.1) is 6.33 Å². The van der Waals surface area contributed by atoms with E-state index < -0.39 is 0 Å². The number of H-pyrrole nitrogens is 1. The summed E-state index contributed by atoms with van der Waals surface area (Å²) in [6.45, 7) is 5.77. The summed E-state index contributed by atoms with van der Waals surface area (Å²) < 4.78 is 0.676. The van der Waals surface area contributed by atoms with Gasteiger partial charge in [-0.3, -0.25) is 4.79 Å². The molecule has 2 rings (SSSR count). The van der Waals surface area contributed by atoms with Crippen LogP contribution in [0.5, 0.6) is 0 Å². The highest BCUT2D eigenvalue weighted by atomic mass is 127. The lowest BCUT2D eigenvalue weighted by atomic mass is 10.3. The molecule has 106 valence electrons. The highest BCUT2D eigenvalue weighted by Gasteiger charge is 2.18. The van der Waals surface area contributed by atoms with Crippen molar-refractivity contribution in [3.05, 3.63) is 20.3 Å². The Morgan fingerprint density at radius 3 is 3.00 bits per heavy atom. The van der Waals surface area contributed by atoms with Crippen molar-refractivity contribution < 1.29 is 0 Å². The zero-order chi connectivity index (χ0) is 13.7. The molecule has 19 heavy (non-hydrogen) atoms. The molecular weight excluding hydrogens is 357 g/mol. The number of anilines is 1. The van der Waals surface area contributed by atoms with Crippen molar-refractivity contribution >= 4 is 28.4 Å². The number of rotatable bonds is 4. The first-order chi connectivity index (χ1) is 9.22. The average molecular weight is 377 g/mol. The standard InChI is InChI=1S/C12H20IN5O/c13-10-11(15-9-16-12(10)19)18-6-2-5-17(7-8-18)4-1-3-14/h9H,1-8,14H2,(H,15,16,19). The van der Waals surface area contributed by atoms with Crippen LogP contribution in [0.4, 0.5) is 5.82 Å². The number of hydrogen-bond acceptors (Lipinski definition) is 5. The largest absolute Gasteiger partial charge is 0.354 e. The van der Waals surface area contributed by atoms with Gasteiger partial charge < -0.3 is 20.5 Å². The molecule has 1 saturated heterocycles. The van der Waals surface area contributed by atoms with Gasteiger partial charge in [0.15, 0.2) is 0 Å². The number of hydrogen-bond donors (Lipinski definition) is 2. The first-order valence-electron chi connectivity index (χ1n) is 6.63. The molecule has 0 radical (unpaired) electrons. The predicted octanol–water partition coefficient (Wildman–Crippen LogP) is 0.235.